The molecule has 0 bridgehead atoms. The number of benzene rings is 1. The van der Waals surface area contributed by atoms with Gasteiger partial charge in [-0.25, -0.2) is 8.42 Å². The maximum absolute atomic E-state index is 12.3. The average molecular weight is 296 g/mol. The zero-order valence-corrected chi connectivity index (χ0v) is 12.3. The topological polar surface area (TPSA) is 89.3 Å². The summed E-state index contributed by atoms with van der Waals surface area (Å²) in [6.07, 6.45) is 2.13. The maximum atomic E-state index is 12.3. The molecule has 1 aromatic rings. The number of sulfone groups is 1. The van der Waals surface area contributed by atoms with Crippen LogP contribution in [0.4, 0.5) is 0 Å². The molecule has 3 N–H and O–H groups in total. The van der Waals surface area contributed by atoms with Crippen LogP contribution < -0.4 is 11.1 Å². The van der Waals surface area contributed by atoms with E-state index in [-0.39, 0.29) is 28.2 Å². The normalized spacial score (nSPS) is 16.7. The molecule has 0 aliphatic heterocycles. The zero-order valence-electron chi connectivity index (χ0n) is 11.5. The summed E-state index contributed by atoms with van der Waals surface area (Å²) in [5.41, 5.74) is 5.86. The molecule has 6 heteroatoms. The highest BCUT2D eigenvalue weighted by Crippen LogP contribution is 2.32. The van der Waals surface area contributed by atoms with Gasteiger partial charge in [-0.1, -0.05) is 19.1 Å². The van der Waals surface area contributed by atoms with Crippen molar-refractivity contribution in [3.05, 3.63) is 29.8 Å². The minimum absolute atomic E-state index is 0.0275. The van der Waals surface area contributed by atoms with E-state index in [1.165, 1.54) is 6.07 Å². The first-order chi connectivity index (χ1) is 9.49. The second-order valence-electron chi connectivity index (χ2n) is 5.05. The van der Waals surface area contributed by atoms with Gasteiger partial charge in [-0.15, -0.1) is 0 Å². The lowest BCUT2D eigenvalue weighted by molar-refractivity contribution is 0.0930. The summed E-state index contributed by atoms with van der Waals surface area (Å²) in [4.78, 5) is 12.4. The fourth-order valence-corrected chi connectivity index (χ4v) is 3.29. The second kappa shape index (κ2) is 5.93. The summed E-state index contributed by atoms with van der Waals surface area (Å²) >= 11 is 0. The predicted molar refractivity (Wildman–Crippen MR) is 77.2 cm³/mol. The number of hydrogen-bond donors (Lipinski definition) is 2. The van der Waals surface area contributed by atoms with Crippen molar-refractivity contribution >= 4 is 15.7 Å². The van der Waals surface area contributed by atoms with Gasteiger partial charge in [-0.3, -0.25) is 4.79 Å². The minimum atomic E-state index is -3.41. The van der Waals surface area contributed by atoms with Crippen LogP contribution in [-0.2, 0) is 9.84 Å². The SMILES string of the molecule is CCS(=O)(=O)c1ccccc1C(=O)NC(CN)C1CC1. The van der Waals surface area contributed by atoms with Crippen molar-refractivity contribution in [3.63, 3.8) is 0 Å². The van der Waals surface area contributed by atoms with Crippen LogP contribution in [0.15, 0.2) is 29.2 Å². The number of carbonyl (C=O) groups is 1. The van der Waals surface area contributed by atoms with Crippen molar-refractivity contribution in [2.24, 2.45) is 11.7 Å². The van der Waals surface area contributed by atoms with Crippen LogP contribution in [0.2, 0.25) is 0 Å². The first-order valence-electron chi connectivity index (χ1n) is 6.82. The molecule has 0 aromatic heterocycles. The van der Waals surface area contributed by atoms with Crippen LogP contribution in [0, 0.1) is 5.92 Å². The van der Waals surface area contributed by atoms with E-state index in [1.54, 1.807) is 25.1 Å². The fraction of sp³-hybridized carbons (Fsp3) is 0.500. The van der Waals surface area contributed by atoms with E-state index in [2.05, 4.69) is 5.32 Å². The quantitative estimate of drug-likeness (QED) is 0.818. The Morgan fingerprint density at radius 1 is 1.40 bits per heavy atom. The first kappa shape index (κ1) is 15.0. The van der Waals surface area contributed by atoms with Gasteiger partial charge in [0.25, 0.3) is 5.91 Å². The number of hydrogen-bond acceptors (Lipinski definition) is 4. The zero-order chi connectivity index (χ0) is 14.8. The molecule has 0 radical (unpaired) electrons. The molecule has 1 fully saturated rings. The number of amides is 1. The molecule has 1 aromatic carbocycles. The monoisotopic (exact) mass is 296 g/mol. The third kappa shape index (κ3) is 3.19. The van der Waals surface area contributed by atoms with Crippen molar-refractivity contribution in [3.8, 4) is 0 Å². The van der Waals surface area contributed by atoms with Gasteiger partial charge in [0.15, 0.2) is 9.84 Å². The third-order valence-corrected chi connectivity index (χ3v) is 5.39. The van der Waals surface area contributed by atoms with Gasteiger partial charge < -0.3 is 11.1 Å². The van der Waals surface area contributed by atoms with Gasteiger partial charge in [-0.05, 0) is 30.9 Å². The van der Waals surface area contributed by atoms with E-state index in [0.717, 1.165) is 12.8 Å². The van der Waals surface area contributed by atoms with Crippen LogP contribution in [-0.4, -0.2) is 32.7 Å². The molecule has 20 heavy (non-hydrogen) atoms. The molecule has 5 nitrogen and oxygen atoms in total. The Morgan fingerprint density at radius 3 is 2.60 bits per heavy atom. The van der Waals surface area contributed by atoms with Crippen LogP contribution in [0.3, 0.4) is 0 Å². The number of nitrogens with two attached hydrogens (primary N) is 1. The Labute approximate surface area is 119 Å². The molecule has 0 saturated heterocycles. The summed E-state index contributed by atoms with van der Waals surface area (Å²) in [7, 11) is -3.41. The van der Waals surface area contributed by atoms with Gasteiger partial charge in [0, 0.05) is 12.6 Å². The van der Waals surface area contributed by atoms with Crippen molar-refractivity contribution in [1.82, 2.24) is 5.32 Å². The highest BCUT2D eigenvalue weighted by Gasteiger charge is 2.32. The predicted octanol–water partition coefficient (Wildman–Crippen LogP) is 0.947. The molecular weight excluding hydrogens is 276 g/mol. The Hall–Kier alpha value is -1.40. The lowest BCUT2D eigenvalue weighted by Crippen LogP contribution is -2.42. The van der Waals surface area contributed by atoms with Crippen molar-refractivity contribution in [1.29, 1.82) is 0 Å². The van der Waals surface area contributed by atoms with E-state index in [9.17, 15) is 13.2 Å². The number of rotatable bonds is 6. The molecule has 0 heterocycles. The Kier molecular flexibility index (Phi) is 4.45. The van der Waals surface area contributed by atoms with E-state index in [4.69, 9.17) is 5.73 Å². The molecule has 1 unspecified atom stereocenters. The smallest absolute Gasteiger partial charge is 0.252 e. The lowest BCUT2D eigenvalue weighted by Gasteiger charge is -2.17. The average Bonchev–Trinajstić information content (AvgIpc) is 3.29. The molecule has 2 rings (SSSR count). The molecule has 1 saturated carbocycles. The Bertz CT molecular complexity index is 594. The lowest BCUT2D eigenvalue weighted by atomic mass is 10.1. The van der Waals surface area contributed by atoms with Gasteiger partial charge in [0.05, 0.1) is 16.2 Å². The maximum Gasteiger partial charge on any atom is 0.252 e. The summed E-state index contributed by atoms with van der Waals surface area (Å²) in [6, 6.07) is 6.24. The second-order valence-corrected chi connectivity index (χ2v) is 7.30. The highest BCUT2D eigenvalue weighted by atomic mass is 32.2. The molecule has 1 aliphatic carbocycles. The molecule has 110 valence electrons. The van der Waals surface area contributed by atoms with Crippen LogP contribution in [0.5, 0.6) is 0 Å². The summed E-state index contributed by atoms with van der Waals surface area (Å²) in [5, 5.41) is 2.85. The van der Waals surface area contributed by atoms with Crippen LogP contribution >= 0.6 is 0 Å². The molecular formula is C14H20N2O3S. The van der Waals surface area contributed by atoms with Crippen LogP contribution in [0.25, 0.3) is 0 Å². The standard InChI is InChI=1S/C14H20N2O3S/c1-2-20(18,19)13-6-4-3-5-11(13)14(17)16-12(9-15)10-7-8-10/h3-6,10,12H,2,7-9,15H2,1H3,(H,16,17). The van der Waals surface area contributed by atoms with Crippen LogP contribution in [0.1, 0.15) is 30.1 Å². The minimum Gasteiger partial charge on any atom is -0.348 e. The van der Waals surface area contributed by atoms with E-state index in [0.29, 0.717) is 12.5 Å². The Morgan fingerprint density at radius 2 is 2.05 bits per heavy atom. The van der Waals surface area contributed by atoms with Crippen molar-refractivity contribution in [2.45, 2.75) is 30.7 Å². The van der Waals surface area contributed by atoms with E-state index in [1.807, 2.05) is 0 Å². The largest absolute Gasteiger partial charge is 0.348 e. The van der Waals surface area contributed by atoms with Gasteiger partial charge >= 0.3 is 0 Å². The van der Waals surface area contributed by atoms with Gasteiger partial charge in [0.1, 0.15) is 0 Å². The molecule has 0 spiro atoms. The van der Waals surface area contributed by atoms with Crippen molar-refractivity contribution in [2.75, 3.05) is 12.3 Å². The van der Waals surface area contributed by atoms with Gasteiger partial charge in [0.2, 0.25) is 0 Å². The highest BCUT2D eigenvalue weighted by molar-refractivity contribution is 7.91. The molecule has 1 aliphatic rings. The fourth-order valence-electron chi connectivity index (χ4n) is 2.19. The molecule has 1 amide bonds. The van der Waals surface area contributed by atoms with Crippen molar-refractivity contribution < 1.29 is 13.2 Å². The number of carbonyl (C=O) groups excluding carboxylic acids is 1. The Balaban J connectivity index is 2.26. The number of nitrogens with one attached hydrogen (secondary N) is 1. The molecule has 1 atom stereocenters. The summed E-state index contributed by atoms with van der Waals surface area (Å²) in [6.45, 7) is 1.94. The van der Waals surface area contributed by atoms with E-state index < -0.39 is 9.84 Å². The van der Waals surface area contributed by atoms with Gasteiger partial charge in [-0.2, -0.15) is 0 Å². The summed E-state index contributed by atoms with van der Waals surface area (Å²) in [5.74, 6) is 0.0409. The summed E-state index contributed by atoms with van der Waals surface area (Å²) < 4.78 is 24.0. The third-order valence-electron chi connectivity index (χ3n) is 3.61. The first-order valence-corrected chi connectivity index (χ1v) is 8.47. The van der Waals surface area contributed by atoms with E-state index >= 15 is 0 Å².